The lowest BCUT2D eigenvalue weighted by atomic mass is 10.1. The van der Waals surface area contributed by atoms with Crippen molar-refractivity contribution in [3.8, 4) is 0 Å². The third-order valence-electron chi connectivity index (χ3n) is 3.23. The molecule has 4 N–H and O–H groups in total. The summed E-state index contributed by atoms with van der Waals surface area (Å²) in [5.41, 5.74) is 8.20. The van der Waals surface area contributed by atoms with E-state index in [1.165, 1.54) is 6.20 Å². The zero-order valence-electron chi connectivity index (χ0n) is 11.9. The molecule has 1 atom stereocenters. The van der Waals surface area contributed by atoms with Crippen molar-refractivity contribution in [3.63, 3.8) is 0 Å². The number of hydrogen-bond acceptors (Lipinski definition) is 4. The van der Waals surface area contributed by atoms with Gasteiger partial charge in [0.1, 0.15) is 0 Å². The summed E-state index contributed by atoms with van der Waals surface area (Å²) in [5.74, 6) is -0.276. The molecule has 21 heavy (non-hydrogen) atoms. The highest BCUT2D eigenvalue weighted by atomic mass is 16.3. The SMILES string of the molecule is Cc1ncc(N)cc1C(=O)N[C@@H](CO)Cc1ccccc1. The minimum atomic E-state index is -0.347. The van der Waals surface area contributed by atoms with Crippen molar-refractivity contribution in [2.24, 2.45) is 0 Å². The number of nitrogen functional groups attached to an aromatic ring is 1. The van der Waals surface area contributed by atoms with E-state index in [-0.39, 0.29) is 18.6 Å². The van der Waals surface area contributed by atoms with E-state index < -0.39 is 0 Å². The van der Waals surface area contributed by atoms with Crippen molar-refractivity contribution < 1.29 is 9.90 Å². The second kappa shape index (κ2) is 6.85. The number of hydrogen-bond donors (Lipinski definition) is 3. The zero-order chi connectivity index (χ0) is 15.2. The number of anilines is 1. The molecule has 110 valence electrons. The lowest BCUT2D eigenvalue weighted by Gasteiger charge is -2.17. The Balaban J connectivity index is 2.07. The highest BCUT2D eigenvalue weighted by Gasteiger charge is 2.16. The van der Waals surface area contributed by atoms with Gasteiger partial charge in [0.2, 0.25) is 0 Å². The monoisotopic (exact) mass is 285 g/mol. The Labute approximate surface area is 123 Å². The third kappa shape index (κ3) is 4.03. The third-order valence-corrected chi connectivity index (χ3v) is 3.23. The standard InChI is InChI=1S/C16H19N3O2/c1-11-15(8-13(17)9-18-11)16(21)19-14(10-20)7-12-5-3-2-4-6-12/h2-6,8-9,14,20H,7,10,17H2,1H3,(H,19,21)/t14-/m1/s1. The van der Waals surface area contributed by atoms with Gasteiger partial charge in [0.05, 0.1) is 35.8 Å². The van der Waals surface area contributed by atoms with E-state index in [0.29, 0.717) is 23.4 Å². The fraction of sp³-hybridized carbons (Fsp3) is 0.250. The Morgan fingerprint density at radius 1 is 1.38 bits per heavy atom. The number of aliphatic hydroxyl groups excluding tert-OH is 1. The lowest BCUT2D eigenvalue weighted by molar-refractivity contribution is 0.0915. The van der Waals surface area contributed by atoms with Crippen LogP contribution in [0.4, 0.5) is 5.69 Å². The van der Waals surface area contributed by atoms with Crippen molar-refractivity contribution in [2.75, 3.05) is 12.3 Å². The molecular weight excluding hydrogens is 266 g/mol. The predicted octanol–water partition coefficient (Wildman–Crippen LogP) is 1.31. The summed E-state index contributed by atoms with van der Waals surface area (Å²) in [6, 6.07) is 11.0. The van der Waals surface area contributed by atoms with Gasteiger partial charge in [-0.25, -0.2) is 0 Å². The number of nitrogens with one attached hydrogen (secondary N) is 1. The number of aromatic nitrogens is 1. The second-order valence-electron chi connectivity index (χ2n) is 4.94. The molecule has 2 rings (SSSR count). The molecule has 0 unspecified atom stereocenters. The van der Waals surface area contributed by atoms with Crippen molar-refractivity contribution in [1.29, 1.82) is 0 Å². The Morgan fingerprint density at radius 3 is 2.76 bits per heavy atom. The quantitative estimate of drug-likeness (QED) is 0.772. The molecule has 0 radical (unpaired) electrons. The average molecular weight is 285 g/mol. The maximum absolute atomic E-state index is 12.3. The molecule has 0 aliphatic heterocycles. The Kier molecular flexibility index (Phi) is 4.90. The van der Waals surface area contributed by atoms with E-state index in [2.05, 4.69) is 10.3 Å². The van der Waals surface area contributed by atoms with Crippen LogP contribution in [-0.2, 0) is 6.42 Å². The van der Waals surface area contributed by atoms with Crippen LogP contribution >= 0.6 is 0 Å². The van der Waals surface area contributed by atoms with Crippen LogP contribution in [-0.4, -0.2) is 28.6 Å². The molecule has 2 aromatic rings. The average Bonchev–Trinajstić information content (AvgIpc) is 2.50. The summed E-state index contributed by atoms with van der Waals surface area (Å²) < 4.78 is 0. The van der Waals surface area contributed by atoms with E-state index in [0.717, 1.165) is 5.56 Å². The van der Waals surface area contributed by atoms with E-state index in [9.17, 15) is 9.90 Å². The largest absolute Gasteiger partial charge is 0.397 e. The molecule has 5 heteroatoms. The van der Waals surface area contributed by atoms with Gasteiger partial charge in [0.25, 0.3) is 5.91 Å². The van der Waals surface area contributed by atoms with Crippen molar-refractivity contribution in [2.45, 2.75) is 19.4 Å². The first-order valence-corrected chi connectivity index (χ1v) is 6.78. The van der Waals surface area contributed by atoms with Gasteiger partial charge in [-0.1, -0.05) is 30.3 Å². The fourth-order valence-electron chi connectivity index (χ4n) is 2.10. The zero-order valence-corrected chi connectivity index (χ0v) is 11.9. The van der Waals surface area contributed by atoms with Gasteiger partial charge in [-0.05, 0) is 25.0 Å². The molecule has 0 aliphatic carbocycles. The minimum absolute atomic E-state index is 0.130. The normalized spacial score (nSPS) is 11.9. The summed E-state index contributed by atoms with van der Waals surface area (Å²) in [6.07, 6.45) is 2.08. The fourth-order valence-corrected chi connectivity index (χ4v) is 2.10. The van der Waals surface area contributed by atoms with Gasteiger partial charge in [-0.2, -0.15) is 0 Å². The number of carbonyl (C=O) groups excluding carboxylic acids is 1. The molecule has 0 fully saturated rings. The van der Waals surface area contributed by atoms with Crippen LogP contribution in [0, 0.1) is 6.92 Å². The first kappa shape index (κ1) is 15.0. The summed E-state index contributed by atoms with van der Waals surface area (Å²) in [6.45, 7) is 1.62. The van der Waals surface area contributed by atoms with Gasteiger partial charge < -0.3 is 16.2 Å². The van der Waals surface area contributed by atoms with Gasteiger partial charge in [0, 0.05) is 0 Å². The summed E-state index contributed by atoms with van der Waals surface area (Å²) in [4.78, 5) is 16.3. The first-order valence-electron chi connectivity index (χ1n) is 6.78. The van der Waals surface area contributed by atoms with Crippen LogP contribution in [0.2, 0.25) is 0 Å². The van der Waals surface area contributed by atoms with Crippen LogP contribution in [0.1, 0.15) is 21.6 Å². The molecule has 1 heterocycles. The lowest BCUT2D eigenvalue weighted by Crippen LogP contribution is -2.39. The molecule has 0 saturated carbocycles. The molecule has 5 nitrogen and oxygen atoms in total. The highest BCUT2D eigenvalue weighted by Crippen LogP contribution is 2.10. The Hall–Kier alpha value is -2.40. The number of rotatable bonds is 5. The molecule has 0 saturated heterocycles. The van der Waals surface area contributed by atoms with Crippen molar-refractivity contribution in [3.05, 3.63) is 59.4 Å². The van der Waals surface area contributed by atoms with Crippen LogP contribution in [0.15, 0.2) is 42.6 Å². The van der Waals surface area contributed by atoms with E-state index in [4.69, 9.17) is 5.73 Å². The Bertz CT molecular complexity index is 614. The number of aryl methyl sites for hydroxylation is 1. The number of pyridine rings is 1. The van der Waals surface area contributed by atoms with Gasteiger partial charge >= 0.3 is 0 Å². The van der Waals surface area contributed by atoms with Crippen LogP contribution in [0.5, 0.6) is 0 Å². The van der Waals surface area contributed by atoms with Gasteiger partial charge in [-0.15, -0.1) is 0 Å². The van der Waals surface area contributed by atoms with Crippen LogP contribution < -0.4 is 11.1 Å². The number of aliphatic hydroxyl groups is 1. The number of carbonyl (C=O) groups is 1. The summed E-state index contributed by atoms with van der Waals surface area (Å²) in [7, 11) is 0. The van der Waals surface area contributed by atoms with E-state index >= 15 is 0 Å². The number of amides is 1. The van der Waals surface area contributed by atoms with Crippen LogP contribution in [0.25, 0.3) is 0 Å². The van der Waals surface area contributed by atoms with E-state index in [1.54, 1.807) is 13.0 Å². The molecular formula is C16H19N3O2. The molecule has 1 aromatic carbocycles. The molecule has 1 aromatic heterocycles. The number of benzene rings is 1. The maximum atomic E-state index is 12.3. The molecule has 0 aliphatic rings. The number of nitrogens with zero attached hydrogens (tertiary/aromatic N) is 1. The minimum Gasteiger partial charge on any atom is -0.397 e. The van der Waals surface area contributed by atoms with Crippen LogP contribution in [0.3, 0.4) is 0 Å². The smallest absolute Gasteiger partial charge is 0.253 e. The topological polar surface area (TPSA) is 88.2 Å². The van der Waals surface area contributed by atoms with Gasteiger partial charge in [-0.3, -0.25) is 9.78 Å². The van der Waals surface area contributed by atoms with Gasteiger partial charge in [0.15, 0.2) is 0 Å². The number of nitrogens with two attached hydrogens (primary N) is 1. The van der Waals surface area contributed by atoms with Crippen molar-refractivity contribution in [1.82, 2.24) is 10.3 Å². The first-order chi connectivity index (χ1) is 10.1. The van der Waals surface area contributed by atoms with Crippen molar-refractivity contribution >= 4 is 11.6 Å². The predicted molar refractivity (Wildman–Crippen MR) is 81.9 cm³/mol. The summed E-state index contributed by atoms with van der Waals surface area (Å²) >= 11 is 0. The molecule has 0 spiro atoms. The maximum Gasteiger partial charge on any atom is 0.253 e. The Morgan fingerprint density at radius 2 is 2.10 bits per heavy atom. The second-order valence-corrected chi connectivity index (χ2v) is 4.94. The summed E-state index contributed by atoms with van der Waals surface area (Å²) in [5, 5.41) is 12.3. The molecule has 1 amide bonds. The highest BCUT2D eigenvalue weighted by molar-refractivity contribution is 5.96. The van der Waals surface area contributed by atoms with E-state index in [1.807, 2.05) is 30.3 Å². The molecule has 0 bridgehead atoms.